The van der Waals surface area contributed by atoms with Crippen molar-refractivity contribution < 1.29 is 0 Å². The molecule has 6 nitrogen and oxygen atoms in total. The van der Waals surface area contributed by atoms with Gasteiger partial charge in [0.05, 0.1) is 5.39 Å². The summed E-state index contributed by atoms with van der Waals surface area (Å²) in [6.07, 6.45) is 1.66. The molecule has 0 aliphatic rings. The maximum atomic E-state index is 11.4. The quantitative estimate of drug-likeness (QED) is 0.577. The number of halogens is 2. The number of hydrogen-bond acceptors (Lipinski definition) is 4. The van der Waals surface area contributed by atoms with Crippen molar-refractivity contribution in [3.8, 4) is 0 Å². The summed E-state index contributed by atoms with van der Waals surface area (Å²) in [4.78, 5) is 20.5. The maximum Gasteiger partial charge on any atom is 0.262 e. The van der Waals surface area contributed by atoms with Crippen molar-refractivity contribution in [2.24, 2.45) is 5.73 Å². The van der Waals surface area contributed by atoms with Crippen LogP contribution in [-0.2, 0) is 6.54 Å². The number of nitrogens with zero attached hydrogens (tertiary/aromatic N) is 1. The molecule has 84 valence electrons. The number of hydrogen-bond donors (Lipinski definition) is 4. The highest BCUT2D eigenvalue weighted by atomic mass is 35.5. The van der Waals surface area contributed by atoms with E-state index < -0.39 is 0 Å². The van der Waals surface area contributed by atoms with Gasteiger partial charge in [-0.1, -0.05) is 0 Å². The lowest BCUT2D eigenvalue weighted by Gasteiger charge is -1.93. The Morgan fingerprint density at radius 2 is 2.07 bits per heavy atom. The van der Waals surface area contributed by atoms with E-state index in [4.69, 9.17) is 11.5 Å². The maximum absolute atomic E-state index is 11.4. The number of anilines is 1. The Morgan fingerprint density at radius 1 is 1.40 bits per heavy atom. The molecule has 0 amide bonds. The van der Waals surface area contributed by atoms with E-state index in [2.05, 4.69) is 15.0 Å². The van der Waals surface area contributed by atoms with E-state index in [1.54, 1.807) is 6.20 Å². The molecule has 0 saturated heterocycles. The van der Waals surface area contributed by atoms with Gasteiger partial charge in [-0.05, 0) is 5.56 Å². The molecule has 2 aromatic rings. The summed E-state index contributed by atoms with van der Waals surface area (Å²) >= 11 is 0. The van der Waals surface area contributed by atoms with Gasteiger partial charge in [0, 0.05) is 12.7 Å². The van der Waals surface area contributed by atoms with E-state index in [0.29, 0.717) is 17.6 Å². The average molecular weight is 252 g/mol. The van der Waals surface area contributed by atoms with Crippen LogP contribution in [0.15, 0.2) is 11.0 Å². The molecular weight excluding hydrogens is 241 g/mol. The van der Waals surface area contributed by atoms with Gasteiger partial charge >= 0.3 is 0 Å². The lowest BCUT2D eigenvalue weighted by Crippen LogP contribution is -2.12. The number of aromatic amines is 2. The van der Waals surface area contributed by atoms with Gasteiger partial charge in [-0.2, -0.15) is 4.98 Å². The Labute approximate surface area is 97.3 Å². The summed E-state index contributed by atoms with van der Waals surface area (Å²) in [5.41, 5.74) is 11.7. The molecule has 0 unspecified atom stereocenters. The standard InChI is InChI=1S/C7H9N5O.2ClH/c8-1-3-2-10-5-4(3)6(13)12-7(9)11-5;;/h2H,1,8H2,(H4,9,10,11,12,13);2*1H. The number of rotatable bonds is 1. The van der Waals surface area contributed by atoms with Crippen LogP contribution in [0, 0.1) is 0 Å². The monoisotopic (exact) mass is 251 g/mol. The van der Waals surface area contributed by atoms with Crippen LogP contribution in [0.4, 0.5) is 5.95 Å². The predicted molar refractivity (Wildman–Crippen MR) is 63.5 cm³/mol. The summed E-state index contributed by atoms with van der Waals surface area (Å²) < 4.78 is 0. The minimum Gasteiger partial charge on any atom is -0.369 e. The summed E-state index contributed by atoms with van der Waals surface area (Å²) in [5.74, 6) is 0.0999. The van der Waals surface area contributed by atoms with E-state index in [0.717, 1.165) is 5.56 Å². The number of nitrogens with one attached hydrogen (secondary N) is 2. The first-order valence-electron chi connectivity index (χ1n) is 3.78. The third-order valence-electron chi connectivity index (χ3n) is 1.86. The number of nitrogens with two attached hydrogens (primary N) is 2. The fourth-order valence-electron chi connectivity index (χ4n) is 1.28. The average Bonchev–Trinajstić information content (AvgIpc) is 2.47. The van der Waals surface area contributed by atoms with Crippen molar-refractivity contribution in [3.63, 3.8) is 0 Å². The minimum atomic E-state index is -0.260. The first-order valence-corrected chi connectivity index (χ1v) is 3.78. The van der Waals surface area contributed by atoms with Crippen LogP contribution in [0.3, 0.4) is 0 Å². The molecule has 15 heavy (non-hydrogen) atoms. The molecule has 0 radical (unpaired) electrons. The molecular formula is C7H11Cl2N5O. The van der Waals surface area contributed by atoms with Crippen LogP contribution < -0.4 is 17.0 Å². The summed E-state index contributed by atoms with van der Waals surface area (Å²) in [7, 11) is 0. The highest BCUT2D eigenvalue weighted by Crippen LogP contribution is 2.10. The Morgan fingerprint density at radius 3 is 2.67 bits per heavy atom. The zero-order valence-electron chi connectivity index (χ0n) is 7.61. The smallest absolute Gasteiger partial charge is 0.262 e. The van der Waals surface area contributed by atoms with Gasteiger partial charge in [-0.25, -0.2) is 0 Å². The second-order valence-corrected chi connectivity index (χ2v) is 2.69. The highest BCUT2D eigenvalue weighted by Gasteiger charge is 2.07. The first kappa shape index (κ1) is 13.8. The SMILES string of the molecule is Cl.Cl.NCc1c[nH]c2nc(N)[nH]c(=O)c12. The van der Waals surface area contributed by atoms with Gasteiger partial charge in [-0.15, -0.1) is 24.8 Å². The van der Waals surface area contributed by atoms with E-state index in [-0.39, 0.29) is 36.3 Å². The van der Waals surface area contributed by atoms with Crippen LogP contribution in [0.1, 0.15) is 5.56 Å². The molecule has 0 aliphatic carbocycles. The Bertz CT molecular complexity index is 506. The number of nitrogen functional groups attached to an aromatic ring is 1. The van der Waals surface area contributed by atoms with Crippen LogP contribution in [0.2, 0.25) is 0 Å². The van der Waals surface area contributed by atoms with E-state index >= 15 is 0 Å². The third kappa shape index (κ3) is 2.23. The third-order valence-corrected chi connectivity index (χ3v) is 1.86. The summed E-state index contributed by atoms with van der Waals surface area (Å²) in [6.45, 7) is 0.300. The molecule has 0 saturated carbocycles. The zero-order valence-corrected chi connectivity index (χ0v) is 9.24. The largest absolute Gasteiger partial charge is 0.369 e. The fraction of sp³-hybridized carbons (Fsp3) is 0.143. The van der Waals surface area contributed by atoms with Crippen molar-refractivity contribution in [3.05, 3.63) is 22.1 Å². The molecule has 8 heteroatoms. The van der Waals surface area contributed by atoms with Crippen molar-refractivity contribution >= 4 is 41.8 Å². The Kier molecular flexibility index (Phi) is 4.60. The van der Waals surface area contributed by atoms with Crippen LogP contribution >= 0.6 is 24.8 Å². The topological polar surface area (TPSA) is 114 Å². The molecule has 0 fully saturated rings. The first-order chi connectivity index (χ1) is 6.22. The van der Waals surface area contributed by atoms with Gasteiger partial charge in [0.2, 0.25) is 5.95 Å². The lowest BCUT2D eigenvalue weighted by atomic mass is 10.2. The second kappa shape index (κ2) is 5.01. The van der Waals surface area contributed by atoms with Gasteiger partial charge in [-0.3, -0.25) is 9.78 Å². The van der Waals surface area contributed by atoms with Gasteiger partial charge in [0.1, 0.15) is 5.65 Å². The minimum absolute atomic E-state index is 0. The second-order valence-electron chi connectivity index (χ2n) is 2.69. The molecule has 0 atom stereocenters. The van der Waals surface area contributed by atoms with Gasteiger partial charge in [0.25, 0.3) is 5.56 Å². The molecule has 2 aromatic heterocycles. The van der Waals surface area contributed by atoms with E-state index in [1.807, 2.05) is 0 Å². The van der Waals surface area contributed by atoms with Gasteiger partial charge in [0.15, 0.2) is 0 Å². The van der Waals surface area contributed by atoms with Gasteiger partial charge < -0.3 is 16.5 Å². The molecule has 2 rings (SSSR count). The summed E-state index contributed by atoms with van der Waals surface area (Å²) in [6, 6.07) is 0. The number of fused-ring (bicyclic) bond motifs is 1. The van der Waals surface area contributed by atoms with E-state index in [9.17, 15) is 4.79 Å². The van der Waals surface area contributed by atoms with Crippen molar-refractivity contribution in [1.29, 1.82) is 0 Å². The zero-order chi connectivity index (χ0) is 9.42. The normalized spacial score (nSPS) is 9.40. The molecule has 2 heterocycles. The summed E-state index contributed by atoms with van der Waals surface area (Å²) in [5, 5.41) is 0.483. The van der Waals surface area contributed by atoms with Crippen molar-refractivity contribution in [1.82, 2.24) is 15.0 Å². The molecule has 6 N–H and O–H groups in total. The highest BCUT2D eigenvalue weighted by molar-refractivity contribution is 5.85. The Hall–Kier alpha value is -1.24. The number of aromatic nitrogens is 3. The molecule has 0 aliphatic heterocycles. The molecule has 0 aromatic carbocycles. The fourth-order valence-corrected chi connectivity index (χ4v) is 1.28. The van der Waals surface area contributed by atoms with E-state index in [1.165, 1.54) is 0 Å². The van der Waals surface area contributed by atoms with Crippen LogP contribution in [-0.4, -0.2) is 15.0 Å². The van der Waals surface area contributed by atoms with Crippen molar-refractivity contribution in [2.75, 3.05) is 5.73 Å². The predicted octanol–water partition coefficient (Wildman–Crippen LogP) is 0.136. The Balaban J connectivity index is 0.000000980. The van der Waals surface area contributed by atoms with Crippen LogP contribution in [0.25, 0.3) is 11.0 Å². The molecule has 0 bridgehead atoms. The van der Waals surface area contributed by atoms with Crippen LogP contribution in [0.5, 0.6) is 0 Å². The van der Waals surface area contributed by atoms with Crippen molar-refractivity contribution in [2.45, 2.75) is 6.54 Å². The number of H-pyrrole nitrogens is 2. The molecule has 0 spiro atoms. The lowest BCUT2D eigenvalue weighted by molar-refractivity contribution is 1.08.